The Morgan fingerprint density at radius 2 is 1.86 bits per heavy atom. The molecule has 0 unspecified atom stereocenters. The van der Waals surface area contributed by atoms with Gasteiger partial charge < -0.3 is 20.4 Å². The number of aryl methyl sites for hydroxylation is 1. The van der Waals surface area contributed by atoms with Gasteiger partial charge in [-0.2, -0.15) is 0 Å². The number of rotatable bonds is 9. The number of nitrogens with one attached hydrogen (secondary N) is 1. The molecule has 29 heavy (non-hydrogen) atoms. The third-order valence-electron chi connectivity index (χ3n) is 4.81. The molecule has 7 heteroatoms. The minimum absolute atomic E-state index is 0.184. The van der Waals surface area contributed by atoms with Crippen molar-refractivity contribution in [2.24, 2.45) is 5.92 Å². The number of amides is 1. The fraction of sp³-hybridized carbons (Fsp3) is 0.500. The number of fused-ring (bicyclic) bond motifs is 2. The zero-order chi connectivity index (χ0) is 21.0. The number of para-hydroxylation sites is 2. The highest BCUT2D eigenvalue weighted by Gasteiger charge is 2.23. The fourth-order valence-electron chi connectivity index (χ4n) is 3.24. The second kappa shape index (κ2) is 9.22. The average Bonchev–Trinajstić information content (AvgIpc) is 2.94. The molecule has 0 saturated carbocycles. The summed E-state index contributed by atoms with van der Waals surface area (Å²) < 4.78 is 7.45. The summed E-state index contributed by atoms with van der Waals surface area (Å²) in [6.45, 7) is 10.1. The number of anilines is 1. The van der Waals surface area contributed by atoms with Crippen LogP contribution < -0.4 is 11.1 Å². The standard InChI is InChI=1S/C22H31N5O2/c1-14(2)10-12-27-20(23)18(22(28)24-11-7-13-29-15(3)4)19-21(27)26-17-9-6-5-8-16(17)25-19/h5-6,8-9,14-15H,7,10-13,23H2,1-4H3,(H,24,28). The normalized spacial score (nSPS) is 11.8. The Bertz CT molecular complexity index is 994. The van der Waals surface area contributed by atoms with Crippen LogP contribution in [0.4, 0.5) is 5.82 Å². The van der Waals surface area contributed by atoms with E-state index in [1.165, 1.54) is 0 Å². The number of nitrogens with zero attached hydrogens (tertiary/aromatic N) is 3. The summed E-state index contributed by atoms with van der Waals surface area (Å²) in [4.78, 5) is 22.4. The van der Waals surface area contributed by atoms with Gasteiger partial charge in [0.15, 0.2) is 5.65 Å². The van der Waals surface area contributed by atoms with E-state index in [0.717, 1.165) is 23.9 Å². The van der Waals surface area contributed by atoms with Crippen LogP contribution in [-0.2, 0) is 11.3 Å². The summed E-state index contributed by atoms with van der Waals surface area (Å²) in [7, 11) is 0. The molecule has 0 bridgehead atoms. The van der Waals surface area contributed by atoms with Crippen molar-refractivity contribution in [2.45, 2.75) is 53.2 Å². The zero-order valence-corrected chi connectivity index (χ0v) is 17.7. The highest BCUT2D eigenvalue weighted by molar-refractivity contribution is 6.10. The van der Waals surface area contributed by atoms with Gasteiger partial charge in [-0.15, -0.1) is 0 Å². The van der Waals surface area contributed by atoms with Crippen molar-refractivity contribution in [3.8, 4) is 0 Å². The van der Waals surface area contributed by atoms with Crippen molar-refractivity contribution in [3.63, 3.8) is 0 Å². The number of carbonyl (C=O) groups is 1. The van der Waals surface area contributed by atoms with Crippen molar-refractivity contribution in [1.29, 1.82) is 0 Å². The maximum atomic E-state index is 13.0. The molecule has 0 atom stereocenters. The minimum Gasteiger partial charge on any atom is -0.384 e. The lowest BCUT2D eigenvalue weighted by molar-refractivity contribution is 0.0757. The molecular formula is C22H31N5O2. The molecule has 0 radical (unpaired) electrons. The maximum Gasteiger partial charge on any atom is 0.257 e. The molecule has 3 aromatic rings. The Morgan fingerprint density at radius 3 is 2.52 bits per heavy atom. The van der Waals surface area contributed by atoms with Crippen molar-refractivity contribution in [3.05, 3.63) is 29.8 Å². The second-order valence-corrected chi connectivity index (χ2v) is 8.01. The molecular weight excluding hydrogens is 366 g/mol. The van der Waals surface area contributed by atoms with Crippen LogP contribution in [0.1, 0.15) is 50.9 Å². The van der Waals surface area contributed by atoms with E-state index in [-0.39, 0.29) is 12.0 Å². The van der Waals surface area contributed by atoms with Crippen LogP contribution in [-0.4, -0.2) is 39.7 Å². The summed E-state index contributed by atoms with van der Waals surface area (Å²) in [5, 5.41) is 2.95. The largest absolute Gasteiger partial charge is 0.384 e. The van der Waals surface area contributed by atoms with Gasteiger partial charge in [0.1, 0.15) is 16.9 Å². The maximum absolute atomic E-state index is 13.0. The first-order valence-electron chi connectivity index (χ1n) is 10.3. The van der Waals surface area contributed by atoms with Gasteiger partial charge in [0.05, 0.1) is 17.1 Å². The molecule has 0 spiro atoms. The summed E-state index contributed by atoms with van der Waals surface area (Å²) in [6, 6.07) is 7.66. The van der Waals surface area contributed by atoms with Gasteiger partial charge in [0.2, 0.25) is 0 Å². The molecule has 2 heterocycles. The number of hydrogen-bond donors (Lipinski definition) is 2. The molecule has 2 aromatic heterocycles. The van der Waals surface area contributed by atoms with E-state index in [1.807, 2.05) is 42.7 Å². The molecule has 0 fully saturated rings. The van der Waals surface area contributed by atoms with Gasteiger partial charge in [0.25, 0.3) is 5.91 Å². The quantitative estimate of drug-likeness (QED) is 0.536. The van der Waals surface area contributed by atoms with E-state index in [1.54, 1.807) is 0 Å². The fourth-order valence-corrected chi connectivity index (χ4v) is 3.24. The summed E-state index contributed by atoms with van der Waals surface area (Å²) in [5.41, 5.74) is 9.60. The van der Waals surface area contributed by atoms with Gasteiger partial charge >= 0.3 is 0 Å². The van der Waals surface area contributed by atoms with Gasteiger partial charge in [-0.3, -0.25) is 4.79 Å². The SMILES string of the molecule is CC(C)CCn1c(N)c(C(=O)NCCCOC(C)C)c2nc3ccccc3nc21. The molecule has 3 rings (SSSR count). The lowest BCUT2D eigenvalue weighted by atomic mass is 10.1. The van der Waals surface area contributed by atoms with E-state index >= 15 is 0 Å². The number of carbonyl (C=O) groups excluding carboxylic acids is 1. The van der Waals surface area contributed by atoms with Crippen LogP contribution in [0.2, 0.25) is 0 Å². The molecule has 3 N–H and O–H groups in total. The number of aromatic nitrogens is 3. The van der Waals surface area contributed by atoms with E-state index in [9.17, 15) is 4.79 Å². The first-order valence-corrected chi connectivity index (χ1v) is 10.3. The van der Waals surface area contributed by atoms with E-state index in [0.29, 0.717) is 48.2 Å². The monoisotopic (exact) mass is 397 g/mol. The summed E-state index contributed by atoms with van der Waals surface area (Å²) in [6.07, 6.45) is 1.87. The Labute approximate surface area is 171 Å². The topological polar surface area (TPSA) is 95.1 Å². The molecule has 0 aliphatic heterocycles. The second-order valence-electron chi connectivity index (χ2n) is 8.01. The van der Waals surface area contributed by atoms with Crippen molar-refractivity contribution < 1.29 is 9.53 Å². The minimum atomic E-state index is -0.218. The number of ether oxygens (including phenoxy) is 1. The Balaban J connectivity index is 1.93. The average molecular weight is 398 g/mol. The Morgan fingerprint density at radius 1 is 1.17 bits per heavy atom. The zero-order valence-electron chi connectivity index (χ0n) is 17.7. The first kappa shape index (κ1) is 21.0. The van der Waals surface area contributed by atoms with Gasteiger partial charge in [0, 0.05) is 19.7 Å². The highest BCUT2D eigenvalue weighted by atomic mass is 16.5. The van der Waals surface area contributed by atoms with Crippen molar-refractivity contribution >= 4 is 33.9 Å². The molecule has 0 aliphatic rings. The Hall–Kier alpha value is -2.67. The van der Waals surface area contributed by atoms with Crippen molar-refractivity contribution in [1.82, 2.24) is 19.9 Å². The van der Waals surface area contributed by atoms with Crippen LogP contribution in [0.15, 0.2) is 24.3 Å². The molecule has 1 amide bonds. The highest BCUT2D eigenvalue weighted by Crippen LogP contribution is 2.28. The third-order valence-corrected chi connectivity index (χ3v) is 4.81. The number of benzene rings is 1. The summed E-state index contributed by atoms with van der Waals surface area (Å²) in [5.74, 6) is 0.718. The number of nitrogens with two attached hydrogens (primary N) is 1. The molecule has 7 nitrogen and oxygen atoms in total. The third kappa shape index (κ3) is 4.85. The summed E-state index contributed by atoms with van der Waals surface area (Å²) >= 11 is 0. The van der Waals surface area contributed by atoms with Gasteiger partial charge in [-0.25, -0.2) is 9.97 Å². The first-order chi connectivity index (χ1) is 13.9. The van der Waals surface area contributed by atoms with E-state index < -0.39 is 0 Å². The Kier molecular flexibility index (Phi) is 6.69. The van der Waals surface area contributed by atoms with Crippen LogP contribution in [0.5, 0.6) is 0 Å². The molecule has 0 saturated heterocycles. The van der Waals surface area contributed by atoms with Crippen LogP contribution in [0, 0.1) is 5.92 Å². The van der Waals surface area contributed by atoms with Gasteiger partial charge in [-0.1, -0.05) is 26.0 Å². The van der Waals surface area contributed by atoms with Crippen LogP contribution in [0.3, 0.4) is 0 Å². The predicted octanol–water partition coefficient (Wildman–Crippen LogP) is 3.76. The molecule has 0 aliphatic carbocycles. The molecule has 1 aromatic carbocycles. The number of hydrogen-bond acceptors (Lipinski definition) is 5. The smallest absolute Gasteiger partial charge is 0.257 e. The lowest BCUT2D eigenvalue weighted by Gasteiger charge is -2.10. The van der Waals surface area contributed by atoms with Crippen LogP contribution >= 0.6 is 0 Å². The van der Waals surface area contributed by atoms with Crippen LogP contribution in [0.25, 0.3) is 22.2 Å². The lowest BCUT2D eigenvalue weighted by Crippen LogP contribution is -2.26. The number of nitrogen functional groups attached to an aromatic ring is 1. The van der Waals surface area contributed by atoms with Gasteiger partial charge in [-0.05, 0) is 44.7 Å². The van der Waals surface area contributed by atoms with Crippen molar-refractivity contribution in [2.75, 3.05) is 18.9 Å². The van der Waals surface area contributed by atoms with E-state index in [4.69, 9.17) is 20.4 Å². The van der Waals surface area contributed by atoms with E-state index in [2.05, 4.69) is 19.2 Å². The molecule has 156 valence electrons. The predicted molar refractivity (Wildman–Crippen MR) is 117 cm³/mol.